The van der Waals surface area contributed by atoms with Crippen molar-refractivity contribution in [3.63, 3.8) is 0 Å². The average molecular weight is 516 g/mol. The minimum absolute atomic E-state index is 0.0867. The van der Waals surface area contributed by atoms with Gasteiger partial charge in [0.25, 0.3) is 11.8 Å². The summed E-state index contributed by atoms with van der Waals surface area (Å²) in [4.78, 5) is 33.7. The third kappa shape index (κ3) is 5.91. The van der Waals surface area contributed by atoms with Gasteiger partial charge in [-0.05, 0) is 69.3 Å². The van der Waals surface area contributed by atoms with Gasteiger partial charge < -0.3 is 30.0 Å². The molecule has 3 heterocycles. The minimum Gasteiger partial charge on any atom is -0.491 e. The van der Waals surface area contributed by atoms with Crippen molar-refractivity contribution in [2.24, 2.45) is 5.92 Å². The van der Waals surface area contributed by atoms with Crippen molar-refractivity contribution in [1.29, 1.82) is 0 Å². The van der Waals surface area contributed by atoms with Gasteiger partial charge in [0.15, 0.2) is 18.2 Å². The van der Waals surface area contributed by atoms with Crippen LogP contribution < -0.4 is 25.0 Å². The largest absolute Gasteiger partial charge is 0.491 e. The molecule has 11 nitrogen and oxygen atoms in total. The van der Waals surface area contributed by atoms with E-state index in [-0.39, 0.29) is 54.5 Å². The average Bonchev–Trinajstić information content (AvgIpc) is 3.43. The summed E-state index contributed by atoms with van der Waals surface area (Å²) in [6, 6.07) is 3.24. The van der Waals surface area contributed by atoms with E-state index in [0.717, 1.165) is 17.5 Å². The van der Waals surface area contributed by atoms with Crippen LogP contribution in [0.5, 0.6) is 11.6 Å². The molecule has 12 heteroatoms. The number of anilines is 2. The Labute approximate surface area is 213 Å². The number of fused-ring (bicyclic) bond motifs is 2. The lowest BCUT2D eigenvalue weighted by molar-refractivity contribution is -0.118. The first kappa shape index (κ1) is 25.2. The number of ether oxygens (including phenoxy) is 3. The molecule has 1 aromatic carbocycles. The van der Waals surface area contributed by atoms with E-state index in [2.05, 4.69) is 20.6 Å². The van der Waals surface area contributed by atoms with Crippen LogP contribution in [0.3, 0.4) is 0 Å². The van der Waals surface area contributed by atoms with Crippen LogP contribution in [0, 0.1) is 11.7 Å². The van der Waals surface area contributed by atoms with Gasteiger partial charge in [0.05, 0.1) is 18.3 Å². The number of hydrogen-bond donors (Lipinski definition) is 3. The van der Waals surface area contributed by atoms with Crippen LogP contribution in [0.15, 0.2) is 18.3 Å². The molecule has 1 saturated heterocycles. The lowest BCUT2D eigenvalue weighted by atomic mass is 10.1. The van der Waals surface area contributed by atoms with Gasteiger partial charge in [-0.3, -0.25) is 9.69 Å². The highest BCUT2D eigenvalue weighted by molar-refractivity contribution is 5.94. The molecule has 3 aliphatic rings. The van der Waals surface area contributed by atoms with Gasteiger partial charge in [-0.15, -0.1) is 0 Å². The van der Waals surface area contributed by atoms with E-state index >= 15 is 0 Å². The number of benzene rings is 1. The third-order valence-corrected chi connectivity index (χ3v) is 6.41. The lowest BCUT2D eigenvalue weighted by Gasteiger charge is -2.18. The second-order valence-electron chi connectivity index (χ2n) is 10.2. The van der Waals surface area contributed by atoms with E-state index < -0.39 is 11.7 Å². The Hall–Kier alpha value is -3.51. The summed E-state index contributed by atoms with van der Waals surface area (Å²) in [5.74, 6) is 0.735. The van der Waals surface area contributed by atoms with Crippen molar-refractivity contribution < 1.29 is 33.3 Å². The Bertz CT molecular complexity index is 1200. The number of hydrogen-bond acceptors (Lipinski definition) is 9. The van der Waals surface area contributed by atoms with Crippen LogP contribution >= 0.6 is 0 Å². The first-order valence-electron chi connectivity index (χ1n) is 12.3. The summed E-state index contributed by atoms with van der Waals surface area (Å²) < 4.78 is 30.8. The summed E-state index contributed by atoms with van der Waals surface area (Å²) in [6.45, 7) is 4.89. The molecule has 2 amide bonds. The maximum absolute atomic E-state index is 14.6. The zero-order valence-corrected chi connectivity index (χ0v) is 20.8. The number of aromatic nitrogens is 2. The van der Waals surface area contributed by atoms with Gasteiger partial charge in [-0.25, -0.2) is 19.2 Å². The monoisotopic (exact) mass is 515 g/mol. The van der Waals surface area contributed by atoms with Crippen LogP contribution in [-0.4, -0.2) is 71.6 Å². The molecule has 1 aliphatic carbocycles. The predicted molar refractivity (Wildman–Crippen MR) is 130 cm³/mol. The van der Waals surface area contributed by atoms with Crippen LogP contribution in [0.4, 0.5) is 20.8 Å². The van der Waals surface area contributed by atoms with Crippen LogP contribution in [0.1, 0.15) is 31.4 Å². The van der Waals surface area contributed by atoms with Crippen molar-refractivity contribution in [2.45, 2.75) is 44.8 Å². The molecule has 198 valence electrons. The molecule has 1 fully saturated rings. The number of carbonyl (C=O) groups excluding carboxylic acids is 2. The normalized spacial score (nSPS) is 20.7. The number of aliphatic hydroxyl groups is 1. The molecular formula is C25H30FN5O6. The van der Waals surface area contributed by atoms with Gasteiger partial charge in [-0.2, -0.15) is 0 Å². The van der Waals surface area contributed by atoms with Crippen molar-refractivity contribution >= 4 is 23.6 Å². The third-order valence-electron chi connectivity index (χ3n) is 6.41. The number of nitrogens with zero attached hydrogens (tertiary/aromatic N) is 3. The van der Waals surface area contributed by atoms with Gasteiger partial charge in [-0.1, -0.05) is 0 Å². The quantitative estimate of drug-likeness (QED) is 0.427. The van der Waals surface area contributed by atoms with Gasteiger partial charge in [0.2, 0.25) is 0 Å². The molecule has 37 heavy (non-hydrogen) atoms. The number of cyclic esters (lactones) is 1. The molecule has 2 unspecified atom stereocenters. The zero-order chi connectivity index (χ0) is 26.2. The van der Waals surface area contributed by atoms with Crippen molar-refractivity contribution in [3.8, 4) is 11.6 Å². The first-order valence-corrected chi connectivity index (χ1v) is 12.3. The van der Waals surface area contributed by atoms with Crippen LogP contribution in [-0.2, 0) is 22.4 Å². The molecule has 2 aliphatic heterocycles. The van der Waals surface area contributed by atoms with Gasteiger partial charge >= 0.3 is 6.09 Å². The predicted octanol–water partition coefficient (Wildman–Crippen LogP) is 1.82. The summed E-state index contributed by atoms with van der Waals surface area (Å²) in [5.41, 5.74) is 0.661. The van der Waals surface area contributed by atoms with E-state index in [9.17, 15) is 19.1 Å². The highest BCUT2D eigenvalue weighted by Gasteiger charge is 2.34. The zero-order valence-electron chi connectivity index (χ0n) is 20.8. The Balaban J connectivity index is 1.08. The van der Waals surface area contributed by atoms with E-state index in [1.807, 2.05) is 6.07 Å². The topological polar surface area (TPSA) is 135 Å². The summed E-state index contributed by atoms with van der Waals surface area (Å²) in [5, 5.41) is 15.8. The fourth-order valence-corrected chi connectivity index (χ4v) is 4.65. The molecule has 3 N–H and O–H groups in total. The van der Waals surface area contributed by atoms with E-state index in [1.165, 1.54) is 17.2 Å². The molecule has 0 radical (unpaired) electrons. The maximum Gasteiger partial charge on any atom is 0.415 e. The molecule has 0 bridgehead atoms. The van der Waals surface area contributed by atoms with Gasteiger partial charge in [0.1, 0.15) is 24.3 Å². The molecular weight excluding hydrogens is 485 g/mol. The first-order chi connectivity index (χ1) is 17.6. The smallest absolute Gasteiger partial charge is 0.415 e. The number of halogens is 1. The molecule has 0 saturated carbocycles. The molecule has 2 atom stereocenters. The second-order valence-corrected chi connectivity index (χ2v) is 10.2. The summed E-state index contributed by atoms with van der Waals surface area (Å²) in [7, 11) is 0. The standard InChI is InChI=1S/C25H30FN5O6/c1-25(2,34)13-36-17-7-15-5-14(6-18(15)19(26)8-17)9-27-4-3-16-11-31(24(33)37-16)20-10-28-23-22(29-20)30-21(32)12-35-23/h7-8,10,14,16,27,34H,3-6,9,11-13H2,1-2H3,(H,29,30,32). The number of nitrogens with one attached hydrogen (secondary N) is 2. The van der Waals surface area contributed by atoms with E-state index in [1.54, 1.807) is 13.8 Å². The van der Waals surface area contributed by atoms with E-state index in [0.29, 0.717) is 38.2 Å². The SMILES string of the molecule is CC(C)(O)COc1cc(F)c2c(c1)CC(CNCCC1CN(c3cnc4c(n3)NC(=O)CO4)C(=O)O1)C2. The van der Waals surface area contributed by atoms with Crippen molar-refractivity contribution in [1.82, 2.24) is 15.3 Å². The van der Waals surface area contributed by atoms with Crippen LogP contribution in [0.2, 0.25) is 0 Å². The maximum atomic E-state index is 14.6. The van der Waals surface area contributed by atoms with Crippen molar-refractivity contribution in [2.75, 3.05) is 43.1 Å². The Morgan fingerprint density at radius 2 is 2.16 bits per heavy atom. The van der Waals surface area contributed by atoms with E-state index in [4.69, 9.17) is 14.2 Å². The van der Waals surface area contributed by atoms with Crippen LogP contribution in [0.25, 0.3) is 0 Å². The fourth-order valence-electron chi connectivity index (χ4n) is 4.65. The summed E-state index contributed by atoms with van der Waals surface area (Å²) in [6.07, 6.45) is 2.55. The second kappa shape index (κ2) is 10.1. The number of carbonyl (C=O) groups is 2. The Morgan fingerprint density at radius 1 is 1.32 bits per heavy atom. The highest BCUT2D eigenvalue weighted by atomic mass is 19.1. The molecule has 0 spiro atoms. The number of rotatable bonds is 9. The molecule has 5 rings (SSSR count). The summed E-state index contributed by atoms with van der Waals surface area (Å²) >= 11 is 0. The Kier molecular flexibility index (Phi) is 6.86. The molecule has 2 aromatic rings. The highest BCUT2D eigenvalue weighted by Crippen LogP contribution is 2.33. The van der Waals surface area contributed by atoms with Gasteiger partial charge in [0, 0.05) is 6.07 Å². The fraction of sp³-hybridized carbons (Fsp3) is 0.520. The van der Waals surface area contributed by atoms with Crippen molar-refractivity contribution in [3.05, 3.63) is 35.3 Å². The lowest BCUT2D eigenvalue weighted by Crippen LogP contribution is -2.30. The minimum atomic E-state index is -0.993. The Morgan fingerprint density at radius 3 is 2.97 bits per heavy atom. The number of amides is 2. The molecule has 1 aromatic heterocycles.